The minimum absolute atomic E-state index is 0.830. The SMILES string of the molecule is c1cnc2nc(CC[C@@H]3CCNC3)ccc2c1. The van der Waals surface area contributed by atoms with Crippen LogP contribution in [0.3, 0.4) is 0 Å². The van der Waals surface area contributed by atoms with E-state index < -0.39 is 0 Å². The second-order valence-corrected chi connectivity index (χ2v) is 4.75. The zero-order valence-electron chi connectivity index (χ0n) is 9.89. The highest BCUT2D eigenvalue weighted by Gasteiger charge is 2.14. The highest BCUT2D eigenvalue weighted by Crippen LogP contribution is 2.16. The van der Waals surface area contributed by atoms with Gasteiger partial charge in [0.25, 0.3) is 0 Å². The molecular weight excluding hydrogens is 210 g/mol. The van der Waals surface area contributed by atoms with Crippen LogP contribution in [0.15, 0.2) is 30.5 Å². The first-order valence-corrected chi connectivity index (χ1v) is 6.33. The fourth-order valence-electron chi connectivity index (χ4n) is 2.44. The lowest BCUT2D eigenvalue weighted by molar-refractivity contribution is 0.529. The van der Waals surface area contributed by atoms with Crippen molar-refractivity contribution >= 4 is 11.0 Å². The van der Waals surface area contributed by atoms with Gasteiger partial charge < -0.3 is 5.32 Å². The van der Waals surface area contributed by atoms with Crippen molar-refractivity contribution in [2.45, 2.75) is 19.3 Å². The van der Waals surface area contributed by atoms with Gasteiger partial charge >= 0.3 is 0 Å². The van der Waals surface area contributed by atoms with E-state index in [0.717, 1.165) is 23.4 Å². The molecule has 3 heteroatoms. The van der Waals surface area contributed by atoms with Crippen LogP contribution in [0.4, 0.5) is 0 Å². The number of aromatic nitrogens is 2. The van der Waals surface area contributed by atoms with Gasteiger partial charge in [-0.1, -0.05) is 0 Å². The van der Waals surface area contributed by atoms with Crippen LogP contribution >= 0.6 is 0 Å². The Balaban J connectivity index is 1.72. The van der Waals surface area contributed by atoms with Crippen molar-refractivity contribution in [3.8, 4) is 0 Å². The summed E-state index contributed by atoms with van der Waals surface area (Å²) in [5.74, 6) is 0.830. The Morgan fingerprint density at radius 2 is 2.29 bits per heavy atom. The second-order valence-electron chi connectivity index (χ2n) is 4.75. The van der Waals surface area contributed by atoms with Crippen LogP contribution in [0.2, 0.25) is 0 Å². The topological polar surface area (TPSA) is 37.8 Å². The van der Waals surface area contributed by atoms with E-state index >= 15 is 0 Å². The Hall–Kier alpha value is -1.48. The quantitative estimate of drug-likeness (QED) is 0.873. The van der Waals surface area contributed by atoms with E-state index in [-0.39, 0.29) is 0 Å². The fourth-order valence-corrected chi connectivity index (χ4v) is 2.44. The van der Waals surface area contributed by atoms with Crippen molar-refractivity contribution in [3.63, 3.8) is 0 Å². The van der Waals surface area contributed by atoms with Gasteiger partial charge in [0, 0.05) is 17.3 Å². The molecule has 1 aliphatic rings. The largest absolute Gasteiger partial charge is 0.316 e. The fraction of sp³-hybridized carbons (Fsp3) is 0.429. The maximum atomic E-state index is 4.60. The van der Waals surface area contributed by atoms with Crippen molar-refractivity contribution in [1.29, 1.82) is 0 Å². The van der Waals surface area contributed by atoms with Crippen LogP contribution < -0.4 is 5.32 Å². The predicted octanol–water partition coefficient (Wildman–Crippen LogP) is 2.17. The van der Waals surface area contributed by atoms with Crippen LogP contribution in [0.25, 0.3) is 11.0 Å². The first kappa shape index (κ1) is 10.7. The van der Waals surface area contributed by atoms with Crippen molar-refractivity contribution in [2.75, 3.05) is 13.1 Å². The van der Waals surface area contributed by atoms with E-state index in [1.54, 1.807) is 6.20 Å². The molecule has 3 nitrogen and oxygen atoms in total. The van der Waals surface area contributed by atoms with Crippen LogP contribution in [0.5, 0.6) is 0 Å². The van der Waals surface area contributed by atoms with Crippen molar-refractivity contribution in [2.24, 2.45) is 5.92 Å². The molecule has 88 valence electrons. The molecule has 17 heavy (non-hydrogen) atoms. The average molecular weight is 227 g/mol. The first-order valence-electron chi connectivity index (χ1n) is 6.33. The van der Waals surface area contributed by atoms with Gasteiger partial charge in [0.1, 0.15) is 0 Å². The van der Waals surface area contributed by atoms with Crippen LogP contribution in [0.1, 0.15) is 18.5 Å². The lowest BCUT2D eigenvalue weighted by Gasteiger charge is -2.07. The molecular formula is C14H17N3. The molecule has 2 aromatic heterocycles. The molecule has 0 radical (unpaired) electrons. The summed E-state index contributed by atoms with van der Waals surface area (Å²) in [6, 6.07) is 8.26. The summed E-state index contributed by atoms with van der Waals surface area (Å²) >= 11 is 0. The van der Waals surface area contributed by atoms with E-state index in [4.69, 9.17) is 0 Å². The highest BCUT2D eigenvalue weighted by molar-refractivity contribution is 5.74. The van der Waals surface area contributed by atoms with Gasteiger partial charge in [-0.05, 0) is 62.5 Å². The van der Waals surface area contributed by atoms with Crippen LogP contribution in [-0.4, -0.2) is 23.1 Å². The van der Waals surface area contributed by atoms with Gasteiger partial charge in [0.15, 0.2) is 5.65 Å². The number of hydrogen-bond acceptors (Lipinski definition) is 3. The second kappa shape index (κ2) is 4.80. The molecule has 0 bridgehead atoms. The Bertz CT molecular complexity index is 504. The van der Waals surface area contributed by atoms with Gasteiger partial charge in [-0.2, -0.15) is 0 Å². The molecule has 1 saturated heterocycles. The van der Waals surface area contributed by atoms with Crippen molar-refractivity contribution < 1.29 is 0 Å². The molecule has 0 aromatic carbocycles. The van der Waals surface area contributed by atoms with Crippen molar-refractivity contribution in [1.82, 2.24) is 15.3 Å². The number of aryl methyl sites for hydroxylation is 1. The number of rotatable bonds is 3. The van der Waals surface area contributed by atoms with Gasteiger partial charge in [-0.25, -0.2) is 9.97 Å². The summed E-state index contributed by atoms with van der Waals surface area (Å²) < 4.78 is 0. The summed E-state index contributed by atoms with van der Waals surface area (Å²) in [4.78, 5) is 8.90. The maximum absolute atomic E-state index is 4.60. The molecule has 0 unspecified atom stereocenters. The van der Waals surface area contributed by atoms with E-state index in [0.29, 0.717) is 0 Å². The maximum Gasteiger partial charge on any atom is 0.159 e. The normalized spacial score (nSPS) is 19.9. The third kappa shape index (κ3) is 2.44. The standard InChI is InChI=1S/C14H17N3/c1-2-12-4-6-13(17-14(12)16-8-1)5-3-11-7-9-15-10-11/h1-2,4,6,8,11,15H,3,5,7,9-10H2/t11-/m1/s1. The smallest absolute Gasteiger partial charge is 0.159 e. The lowest BCUT2D eigenvalue weighted by Crippen LogP contribution is -2.09. The van der Waals surface area contributed by atoms with E-state index in [2.05, 4.69) is 33.5 Å². The van der Waals surface area contributed by atoms with E-state index in [1.807, 2.05) is 6.07 Å². The Labute approximate surface area is 101 Å². The zero-order valence-corrected chi connectivity index (χ0v) is 9.89. The molecule has 0 aliphatic carbocycles. The first-order chi connectivity index (χ1) is 8.42. The summed E-state index contributed by atoms with van der Waals surface area (Å²) in [6.45, 7) is 2.35. The van der Waals surface area contributed by atoms with E-state index in [1.165, 1.54) is 31.6 Å². The van der Waals surface area contributed by atoms with Crippen LogP contribution in [0, 0.1) is 5.92 Å². The Kier molecular flexibility index (Phi) is 3.01. The number of nitrogens with zero attached hydrogens (tertiary/aromatic N) is 2. The molecule has 1 fully saturated rings. The van der Waals surface area contributed by atoms with Gasteiger partial charge in [0.05, 0.1) is 0 Å². The number of fused-ring (bicyclic) bond motifs is 1. The summed E-state index contributed by atoms with van der Waals surface area (Å²) in [7, 11) is 0. The molecule has 1 N–H and O–H groups in total. The monoisotopic (exact) mass is 227 g/mol. The third-order valence-corrected chi connectivity index (χ3v) is 3.49. The molecule has 2 aromatic rings. The van der Waals surface area contributed by atoms with Crippen molar-refractivity contribution in [3.05, 3.63) is 36.2 Å². The number of hydrogen-bond donors (Lipinski definition) is 1. The average Bonchev–Trinajstić information content (AvgIpc) is 2.89. The van der Waals surface area contributed by atoms with Gasteiger partial charge in [-0.3, -0.25) is 0 Å². The van der Waals surface area contributed by atoms with Gasteiger partial charge in [-0.15, -0.1) is 0 Å². The van der Waals surface area contributed by atoms with Gasteiger partial charge in [0.2, 0.25) is 0 Å². The number of pyridine rings is 2. The molecule has 0 saturated carbocycles. The molecule has 0 spiro atoms. The third-order valence-electron chi connectivity index (χ3n) is 3.49. The molecule has 3 heterocycles. The molecule has 1 aliphatic heterocycles. The highest BCUT2D eigenvalue weighted by atomic mass is 14.9. The zero-order chi connectivity index (χ0) is 11.5. The minimum Gasteiger partial charge on any atom is -0.316 e. The predicted molar refractivity (Wildman–Crippen MR) is 68.8 cm³/mol. The summed E-state index contributed by atoms with van der Waals surface area (Å²) in [5.41, 5.74) is 2.04. The minimum atomic E-state index is 0.830. The Morgan fingerprint density at radius 3 is 3.18 bits per heavy atom. The molecule has 3 rings (SSSR count). The lowest BCUT2D eigenvalue weighted by atomic mass is 10.0. The Morgan fingerprint density at radius 1 is 1.29 bits per heavy atom. The van der Waals surface area contributed by atoms with Crippen LogP contribution in [-0.2, 0) is 6.42 Å². The molecule has 1 atom stereocenters. The number of nitrogens with one attached hydrogen (secondary N) is 1. The summed E-state index contributed by atoms with van der Waals surface area (Å²) in [5, 5.41) is 4.53. The molecule has 0 amide bonds. The summed E-state index contributed by atoms with van der Waals surface area (Å²) in [6.07, 6.45) is 5.42. The van der Waals surface area contributed by atoms with E-state index in [9.17, 15) is 0 Å².